The molecule has 0 aliphatic carbocycles. The third-order valence-corrected chi connectivity index (χ3v) is 1.43. The molecule has 1 rings (SSSR count). The Morgan fingerprint density at radius 2 is 2.36 bits per heavy atom. The van der Waals surface area contributed by atoms with E-state index in [0.717, 1.165) is 0 Å². The summed E-state index contributed by atoms with van der Waals surface area (Å²) < 4.78 is 4.74. The fourth-order valence-corrected chi connectivity index (χ4v) is 0.729. The second-order valence-corrected chi connectivity index (χ2v) is 2.35. The monoisotopic (exact) mass is 184 g/mol. The van der Waals surface area contributed by atoms with E-state index in [2.05, 4.69) is 0 Å². The Morgan fingerprint density at radius 1 is 1.82 bits per heavy atom. The number of hydrogen-bond donors (Lipinski definition) is 1. The van der Waals surface area contributed by atoms with Gasteiger partial charge < -0.3 is 19.7 Å². The van der Waals surface area contributed by atoms with Crippen molar-refractivity contribution in [3.8, 4) is 0 Å². The van der Waals surface area contributed by atoms with Crippen molar-refractivity contribution in [2.45, 2.75) is 25.0 Å². The molecule has 1 heterocycles. The molecular weight excluding hydrogens is 175 g/mol. The number of carboxylic acids is 1. The van der Waals surface area contributed by atoms with Crippen molar-refractivity contribution >= 4 is 5.97 Å². The van der Waals surface area contributed by atoms with Crippen LogP contribution in [-0.4, -0.2) is 29.9 Å². The normalized spacial score (nSPS) is 23.5. The molecule has 5 heteroatoms. The van der Waals surface area contributed by atoms with Crippen LogP contribution in [0.1, 0.15) is 12.8 Å². The van der Waals surface area contributed by atoms with Gasteiger partial charge in [-0.2, -0.15) is 0 Å². The van der Waals surface area contributed by atoms with Gasteiger partial charge in [-0.3, -0.25) is 0 Å². The van der Waals surface area contributed by atoms with Gasteiger partial charge in [0, 0.05) is 5.97 Å². The van der Waals surface area contributed by atoms with Gasteiger partial charge in [0.2, 0.25) is 0 Å². The zero-order chi connectivity index (χ0) is 7.56. The Balaban J connectivity index is 0.000001000. The van der Waals surface area contributed by atoms with Gasteiger partial charge in [0.15, 0.2) is 0 Å². The summed E-state index contributed by atoms with van der Waals surface area (Å²) in [6, 6.07) is 0. The van der Waals surface area contributed by atoms with Crippen LogP contribution < -0.4 is 56.5 Å². The molecule has 2 unspecified atom stereocenters. The minimum absolute atomic E-state index is 0. The number of ether oxygens (including phenoxy) is 1. The summed E-state index contributed by atoms with van der Waals surface area (Å²) in [6.07, 6.45) is -0.620. The van der Waals surface area contributed by atoms with Crippen molar-refractivity contribution in [3.05, 3.63) is 0 Å². The SMILES string of the molecule is O=C([O-])CCC(O)C1CO1.[K+]. The zero-order valence-electron chi connectivity index (χ0n) is 6.45. The van der Waals surface area contributed by atoms with Crippen LogP contribution in [0.15, 0.2) is 0 Å². The molecule has 0 amide bonds. The third-order valence-electron chi connectivity index (χ3n) is 1.43. The fourth-order valence-electron chi connectivity index (χ4n) is 0.729. The molecule has 11 heavy (non-hydrogen) atoms. The Morgan fingerprint density at radius 3 is 2.73 bits per heavy atom. The Hall–Kier alpha value is 1.03. The van der Waals surface area contributed by atoms with Gasteiger partial charge in [0.05, 0.1) is 12.7 Å². The first-order valence-corrected chi connectivity index (χ1v) is 3.19. The van der Waals surface area contributed by atoms with Crippen molar-refractivity contribution in [1.29, 1.82) is 0 Å². The van der Waals surface area contributed by atoms with Crippen LogP contribution in [0, 0.1) is 0 Å². The largest absolute Gasteiger partial charge is 1.00 e. The third kappa shape index (κ3) is 5.29. The number of epoxide rings is 1. The number of carbonyl (C=O) groups excluding carboxylic acids is 1. The minimum atomic E-state index is -1.13. The van der Waals surface area contributed by atoms with Crippen LogP contribution >= 0.6 is 0 Å². The first-order chi connectivity index (χ1) is 4.70. The standard InChI is InChI=1S/C6H10O4.K/c7-4(5-3-10-5)1-2-6(8)9;/h4-5,7H,1-3H2,(H,8,9);/q;+1/p-1. The maximum absolute atomic E-state index is 9.88. The molecule has 0 aromatic rings. The summed E-state index contributed by atoms with van der Waals surface area (Å²) in [7, 11) is 0. The first kappa shape index (κ1) is 12.0. The van der Waals surface area contributed by atoms with E-state index in [1.807, 2.05) is 0 Å². The average Bonchev–Trinajstić information content (AvgIpc) is 2.63. The number of aliphatic carboxylic acids is 1. The molecule has 0 aromatic heterocycles. The summed E-state index contributed by atoms with van der Waals surface area (Å²) in [5.74, 6) is -1.13. The summed E-state index contributed by atoms with van der Waals surface area (Å²) >= 11 is 0. The van der Waals surface area contributed by atoms with Gasteiger partial charge in [-0.15, -0.1) is 0 Å². The van der Waals surface area contributed by atoms with Crippen LogP contribution in [0.5, 0.6) is 0 Å². The summed E-state index contributed by atoms with van der Waals surface area (Å²) in [6.45, 7) is 0.550. The van der Waals surface area contributed by atoms with Gasteiger partial charge in [-0.25, -0.2) is 0 Å². The maximum atomic E-state index is 9.88. The van der Waals surface area contributed by atoms with E-state index in [1.165, 1.54) is 0 Å². The quantitative estimate of drug-likeness (QED) is 0.352. The van der Waals surface area contributed by atoms with Crippen molar-refractivity contribution in [2.24, 2.45) is 0 Å². The second kappa shape index (κ2) is 5.63. The molecule has 4 nitrogen and oxygen atoms in total. The van der Waals surface area contributed by atoms with Crippen molar-refractivity contribution < 1.29 is 71.1 Å². The Kier molecular flexibility index (Phi) is 6.16. The molecule has 1 saturated heterocycles. The fraction of sp³-hybridized carbons (Fsp3) is 0.833. The van der Waals surface area contributed by atoms with Crippen LogP contribution in [0.3, 0.4) is 0 Å². The topological polar surface area (TPSA) is 72.9 Å². The van der Waals surface area contributed by atoms with Crippen LogP contribution in [0.2, 0.25) is 0 Å². The van der Waals surface area contributed by atoms with E-state index in [0.29, 0.717) is 6.61 Å². The van der Waals surface area contributed by atoms with Crippen LogP contribution in [0.4, 0.5) is 0 Å². The molecule has 1 fully saturated rings. The number of carbonyl (C=O) groups is 1. The average molecular weight is 184 g/mol. The molecule has 0 spiro atoms. The van der Waals surface area contributed by atoms with Crippen LogP contribution in [0.25, 0.3) is 0 Å². The molecule has 1 aliphatic heterocycles. The molecule has 0 radical (unpaired) electrons. The van der Waals surface area contributed by atoms with E-state index in [-0.39, 0.29) is 70.3 Å². The number of carboxylic acid groups (broad SMARTS) is 1. The van der Waals surface area contributed by atoms with E-state index in [9.17, 15) is 9.90 Å². The predicted molar refractivity (Wildman–Crippen MR) is 30.0 cm³/mol. The van der Waals surface area contributed by atoms with Gasteiger partial charge in [0.25, 0.3) is 0 Å². The minimum Gasteiger partial charge on any atom is -0.550 e. The zero-order valence-corrected chi connectivity index (χ0v) is 9.57. The first-order valence-electron chi connectivity index (χ1n) is 3.19. The molecule has 0 aromatic carbocycles. The maximum Gasteiger partial charge on any atom is 1.00 e. The summed E-state index contributed by atoms with van der Waals surface area (Å²) in [5, 5.41) is 18.9. The molecular formula is C6H9KO4. The van der Waals surface area contributed by atoms with E-state index in [1.54, 1.807) is 0 Å². The molecule has 0 saturated carbocycles. The summed E-state index contributed by atoms with van der Waals surface area (Å²) in [4.78, 5) is 9.88. The van der Waals surface area contributed by atoms with Gasteiger partial charge in [-0.1, -0.05) is 0 Å². The number of rotatable bonds is 4. The van der Waals surface area contributed by atoms with Crippen LogP contribution in [-0.2, 0) is 9.53 Å². The molecule has 1 aliphatic rings. The van der Waals surface area contributed by atoms with Gasteiger partial charge >= 0.3 is 51.4 Å². The number of aliphatic hydroxyl groups excluding tert-OH is 1. The van der Waals surface area contributed by atoms with E-state index < -0.39 is 12.1 Å². The predicted octanol–water partition coefficient (Wildman–Crippen LogP) is -4.72. The Bertz CT molecular complexity index is 135. The van der Waals surface area contributed by atoms with Crippen molar-refractivity contribution in [2.75, 3.05) is 6.61 Å². The smallest absolute Gasteiger partial charge is 0.550 e. The van der Waals surface area contributed by atoms with E-state index in [4.69, 9.17) is 9.84 Å². The molecule has 0 bridgehead atoms. The Labute approximate surface area is 107 Å². The molecule has 2 atom stereocenters. The summed E-state index contributed by atoms with van der Waals surface area (Å²) in [5.41, 5.74) is 0. The van der Waals surface area contributed by atoms with E-state index >= 15 is 0 Å². The number of aliphatic hydroxyl groups is 1. The number of hydrogen-bond acceptors (Lipinski definition) is 4. The molecule has 1 N–H and O–H groups in total. The van der Waals surface area contributed by atoms with Gasteiger partial charge in [0.1, 0.15) is 6.10 Å². The molecule has 58 valence electrons. The van der Waals surface area contributed by atoms with Crippen molar-refractivity contribution in [1.82, 2.24) is 0 Å². The van der Waals surface area contributed by atoms with Gasteiger partial charge in [-0.05, 0) is 12.8 Å². The second-order valence-electron chi connectivity index (χ2n) is 2.35. The van der Waals surface area contributed by atoms with Crippen molar-refractivity contribution in [3.63, 3.8) is 0 Å².